The Kier molecular flexibility index (Phi) is 4.01. The van der Waals surface area contributed by atoms with Gasteiger partial charge in [0.05, 0.1) is 18.2 Å². The van der Waals surface area contributed by atoms with Gasteiger partial charge in [0.25, 0.3) is 0 Å². The van der Waals surface area contributed by atoms with E-state index in [1.54, 1.807) is 11.0 Å². The van der Waals surface area contributed by atoms with Crippen LogP contribution in [0, 0.1) is 0 Å². The zero-order valence-electron chi connectivity index (χ0n) is 10.5. The van der Waals surface area contributed by atoms with Crippen LogP contribution in [0.3, 0.4) is 0 Å². The number of hydrogen-bond donors (Lipinski definition) is 2. The first-order valence-corrected chi connectivity index (χ1v) is 6.26. The Hall–Kier alpha value is -1.27. The Morgan fingerprint density at radius 1 is 1.26 bits per heavy atom. The molecule has 0 aliphatic carbocycles. The molecule has 1 atom stereocenters. The maximum absolute atomic E-state index is 13.1. The first kappa shape index (κ1) is 14.1. The van der Waals surface area contributed by atoms with E-state index in [0.29, 0.717) is 18.7 Å². The summed E-state index contributed by atoms with van der Waals surface area (Å²) in [5.41, 5.74) is 5.42. The molecule has 2 rings (SSSR count). The Morgan fingerprint density at radius 3 is 2.42 bits per heavy atom. The van der Waals surface area contributed by atoms with Gasteiger partial charge in [-0.3, -0.25) is 0 Å². The van der Waals surface area contributed by atoms with Crippen LogP contribution >= 0.6 is 0 Å². The summed E-state index contributed by atoms with van der Waals surface area (Å²) in [7, 11) is 0. The smallest absolute Gasteiger partial charge is 0.394 e. The van der Waals surface area contributed by atoms with E-state index in [1.807, 2.05) is 0 Å². The molecule has 1 fully saturated rings. The first-order chi connectivity index (χ1) is 8.93. The summed E-state index contributed by atoms with van der Waals surface area (Å²) in [5, 5.41) is 8.95. The van der Waals surface area contributed by atoms with E-state index in [1.165, 1.54) is 6.07 Å². The molecule has 1 aromatic carbocycles. The predicted octanol–water partition coefficient (Wildman–Crippen LogP) is 2.30. The number of nitrogens with two attached hydrogens (primary N) is 1. The van der Waals surface area contributed by atoms with E-state index >= 15 is 0 Å². The molecule has 0 saturated carbocycles. The third-order valence-corrected chi connectivity index (χ3v) is 3.40. The summed E-state index contributed by atoms with van der Waals surface area (Å²) in [6.45, 7) is 0.920. The van der Waals surface area contributed by atoms with Gasteiger partial charge >= 0.3 is 6.18 Å². The molecule has 6 heteroatoms. The van der Waals surface area contributed by atoms with Crippen molar-refractivity contribution in [2.45, 2.75) is 25.1 Å². The maximum atomic E-state index is 13.1. The van der Waals surface area contributed by atoms with Gasteiger partial charge in [-0.05, 0) is 30.5 Å². The highest BCUT2D eigenvalue weighted by Gasteiger charge is 2.36. The number of benzene rings is 1. The van der Waals surface area contributed by atoms with Gasteiger partial charge in [0.15, 0.2) is 0 Å². The number of rotatable bonds is 3. The number of halogens is 3. The second kappa shape index (κ2) is 5.38. The fourth-order valence-corrected chi connectivity index (χ4v) is 2.35. The van der Waals surface area contributed by atoms with Crippen molar-refractivity contribution in [2.75, 3.05) is 24.6 Å². The number of aliphatic hydroxyl groups excluding tert-OH is 1. The van der Waals surface area contributed by atoms with Crippen LogP contribution in [0.4, 0.5) is 18.9 Å². The molecule has 0 amide bonds. The van der Waals surface area contributed by atoms with Gasteiger partial charge in [0, 0.05) is 18.8 Å². The summed E-state index contributed by atoms with van der Waals surface area (Å²) in [6, 6.07) is 3.28. The lowest BCUT2D eigenvalue weighted by atomic mass is 10.0. The van der Waals surface area contributed by atoms with E-state index in [4.69, 9.17) is 10.8 Å². The average molecular weight is 274 g/mol. The highest BCUT2D eigenvalue weighted by Crippen LogP contribution is 2.38. The summed E-state index contributed by atoms with van der Waals surface area (Å²) in [5.74, 6) is 0. The zero-order chi connectivity index (χ0) is 14.0. The topological polar surface area (TPSA) is 49.5 Å². The van der Waals surface area contributed by atoms with Gasteiger partial charge in [0.2, 0.25) is 0 Å². The van der Waals surface area contributed by atoms with Crippen LogP contribution in [-0.4, -0.2) is 24.8 Å². The number of alkyl halides is 3. The van der Waals surface area contributed by atoms with Gasteiger partial charge in [-0.25, -0.2) is 0 Å². The average Bonchev–Trinajstić information content (AvgIpc) is 2.90. The van der Waals surface area contributed by atoms with Crippen LogP contribution < -0.4 is 10.6 Å². The van der Waals surface area contributed by atoms with Crippen molar-refractivity contribution < 1.29 is 18.3 Å². The molecular formula is C13H17F3N2O. The van der Waals surface area contributed by atoms with Crippen LogP contribution in [0.15, 0.2) is 18.2 Å². The molecule has 1 aliphatic rings. The minimum absolute atomic E-state index is 0.207. The SMILES string of the molecule is N[C@@H](CO)c1ccc(N2CCCC2)c(C(F)(F)F)c1. The Bertz CT molecular complexity index is 442. The number of anilines is 1. The van der Waals surface area contributed by atoms with Gasteiger partial charge in [0.1, 0.15) is 0 Å². The lowest BCUT2D eigenvalue weighted by molar-refractivity contribution is -0.137. The number of aliphatic hydroxyl groups is 1. The minimum atomic E-state index is -4.41. The standard InChI is InChI=1S/C13H17F3N2O/c14-13(15,16)10-7-9(11(17)8-19)3-4-12(10)18-5-1-2-6-18/h3-4,7,11,19H,1-2,5-6,8,17H2/t11-/m0/s1. The van der Waals surface area contributed by atoms with Crippen molar-refractivity contribution >= 4 is 5.69 Å². The highest BCUT2D eigenvalue weighted by atomic mass is 19.4. The van der Waals surface area contributed by atoms with Crippen molar-refractivity contribution in [1.29, 1.82) is 0 Å². The largest absolute Gasteiger partial charge is 0.418 e. The molecule has 0 aromatic heterocycles. The molecule has 19 heavy (non-hydrogen) atoms. The first-order valence-electron chi connectivity index (χ1n) is 6.26. The van der Waals surface area contributed by atoms with E-state index in [9.17, 15) is 13.2 Å². The Morgan fingerprint density at radius 2 is 1.89 bits per heavy atom. The number of hydrogen-bond acceptors (Lipinski definition) is 3. The molecule has 1 aromatic rings. The van der Waals surface area contributed by atoms with Gasteiger partial charge in [-0.2, -0.15) is 13.2 Å². The van der Waals surface area contributed by atoms with Crippen LogP contribution in [0.1, 0.15) is 30.0 Å². The van der Waals surface area contributed by atoms with E-state index in [-0.39, 0.29) is 12.3 Å². The van der Waals surface area contributed by atoms with Crippen molar-refractivity contribution in [2.24, 2.45) is 5.73 Å². The normalized spacial score (nSPS) is 17.8. The maximum Gasteiger partial charge on any atom is 0.418 e. The summed E-state index contributed by atoms with van der Waals surface area (Å²) < 4.78 is 39.4. The highest BCUT2D eigenvalue weighted by molar-refractivity contribution is 5.57. The molecule has 0 bridgehead atoms. The second-order valence-electron chi connectivity index (χ2n) is 4.76. The van der Waals surface area contributed by atoms with E-state index in [2.05, 4.69) is 0 Å². The van der Waals surface area contributed by atoms with Gasteiger partial charge < -0.3 is 15.7 Å². The lowest BCUT2D eigenvalue weighted by Gasteiger charge is -2.24. The molecule has 1 heterocycles. The fraction of sp³-hybridized carbons (Fsp3) is 0.538. The molecule has 3 nitrogen and oxygen atoms in total. The van der Waals surface area contributed by atoms with Crippen molar-refractivity contribution in [3.05, 3.63) is 29.3 Å². The minimum Gasteiger partial charge on any atom is -0.394 e. The van der Waals surface area contributed by atoms with E-state index in [0.717, 1.165) is 18.9 Å². The second-order valence-corrected chi connectivity index (χ2v) is 4.76. The molecule has 1 aliphatic heterocycles. The molecule has 3 N–H and O–H groups in total. The Labute approximate surface area is 109 Å². The molecule has 0 radical (unpaired) electrons. The number of nitrogens with zero attached hydrogens (tertiary/aromatic N) is 1. The monoisotopic (exact) mass is 274 g/mol. The summed E-state index contributed by atoms with van der Waals surface area (Å²) >= 11 is 0. The third-order valence-electron chi connectivity index (χ3n) is 3.40. The van der Waals surface area contributed by atoms with Crippen molar-refractivity contribution in [3.63, 3.8) is 0 Å². The van der Waals surface area contributed by atoms with Crippen molar-refractivity contribution in [3.8, 4) is 0 Å². The van der Waals surface area contributed by atoms with Crippen LogP contribution in [0.2, 0.25) is 0 Å². The molecule has 0 spiro atoms. The predicted molar refractivity (Wildman–Crippen MR) is 66.9 cm³/mol. The van der Waals surface area contributed by atoms with E-state index < -0.39 is 17.8 Å². The van der Waals surface area contributed by atoms with Gasteiger partial charge in [-0.15, -0.1) is 0 Å². The molecule has 106 valence electrons. The molecular weight excluding hydrogens is 257 g/mol. The van der Waals surface area contributed by atoms with Crippen LogP contribution in [0.25, 0.3) is 0 Å². The van der Waals surface area contributed by atoms with Crippen LogP contribution in [-0.2, 0) is 6.18 Å². The molecule has 1 saturated heterocycles. The third kappa shape index (κ3) is 3.01. The summed E-state index contributed by atoms with van der Waals surface area (Å²) in [4.78, 5) is 1.75. The quantitative estimate of drug-likeness (QED) is 0.889. The summed E-state index contributed by atoms with van der Waals surface area (Å²) in [6.07, 6.45) is -2.59. The van der Waals surface area contributed by atoms with Crippen LogP contribution in [0.5, 0.6) is 0 Å². The molecule has 0 unspecified atom stereocenters. The lowest BCUT2D eigenvalue weighted by Crippen LogP contribution is -2.23. The van der Waals surface area contributed by atoms with Gasteiger partial charge in [-0.1, -0.05) is 6.07 Å². The zero-order valence-corrected chi connectivity index (χ0v) is 10.5. The fourth-order valence-electron chi connectivity index (χ4n) is 2.35. The van der Waals surface area contributed by atoms with Crippen molar-refractivity contribution in [1.82, 2.24) is 0 Å². The Balaban J connectivity index is 2.42.